The summed E-state index contributed by atoms with van der Waals surface area (Å²) in [6.45, 7) is 2.43. The zero-order valence-corrected chi connectivity index (χ0v) is 12.4. The molecule has 1 aromatic carbocycles. The van der Waals surface area contributed by atoms with Gasteiger partial charge in [-0.15, -0.1) is 0 Å². The first kappa shape index (κ1) is 15.0. The minimum Gasteiger partial charge on any atom is -0.389 e. The molecule has 3 rings (SSSR count). The maximum atomic E-state index is 9.93. The monoisotopic (exact) mass is 291 g/mol. The molecule has 1 aliphatic heterocycles. The molecule has 4 atom stereocenters. The van der Waals surface area contributed by atoms with E-state index >= 15 is 0 Å². The Hall–Kier alpha value is -0.940. The van der Waals surface area contributed by atoms with Crippen LogP contribution in [0.1, 0.15) is 30.7 Å². The van der Waals surface area contributed by atoms with Crippen molar-refractivity contribution in [2.75, 3.05) is 26.4 Å². The number of ether oxygens (including phenoxy) is 2. The van der Waals surface area contributed by atoms with E-state index in [9.17, 15) is 5.11 Å². The van der Waals surface area contributed by atoms with E-state index in [-0.39, 0.29) is 6.10 Å². The predicted octanol–water partition coefficient (Wildman–Crippen LogP) is 1.69. The summed E-state index contributed by atoms with van der Waals surface area (Å²) in [5.41, 5.74) is 1.39. The van der Waals surface area contributed by atoms with E-state index in [1.54, 1.807) is 0 Å². The Kier molecular flexibility index (Phi) is 5.25. The Morgan fingerprint density at radius 1 is 1.33 bits per heavy atom. The van der Waals surface area contributed by atoms with E-state index < -0.39 is 6.10 Å². The van der Waals surface area contributed by atoms with Gasteiger partial charge in [0.15, 0.2) is 0 Å². The van der Waals surface area contributed by atoms with Gasteiger partial charge in [0.2, 0.25) is 0 Å². The van der Waals surface area contributed by atoms with Crippen LogP contribution in [0.2, 0.25) is 0 Å². The largest absolute Gasteiger partial charge is 0.389 e. The first-order valence-corrected chi connectivity index (χ1v) is 7.98. The van der Waals surface area contributed by atoms with Crippen molar-refractivity contribution in [1.82, 2.24) is 5.32 Å². The minimum atomic E-state index is -0.441. The van der Waals surface area contributed by atoms with Gasteiger partial charge in [-0.05, 0) is 24.8 Å². The second-order valence-corrected chi connectivity index (χ2v) is 6.09. The lowest BCUT2D eigenvalue weighted by Crippen LogP contribution is -2.33. The van der Waals surface area contributed by atoms with Crippen LogP contribution in [0.3, 0.4) is 0 Å². The zero-order valence-electron chi connectivity index (χ0n) is 12.4. The summed E-state index contributed by atoms with van der Waals surface area (Å²) in [6.07, 6.45) is 3.16. The molecule has 1 saturated heterocycles. The smallest absolute Gasteiger partial charge is 0.0897 e. The third kappa shape index (κ3) is 4.51. The lowest BCUT2D eigenvalue weighted by atomic mass is 10.1. The fourth-order valence-corrected chi connectivity index (χ4v) is 2.95. The molecule has 0 spiro atoms. The molecule has 1 aromatic rings. The van der Waals surface area contributed by atoms with Crippen LogP contribution in [0.15, 0.2) is 30.3 Å². The summed E-state index contributed by atoms with van der Waals surface area (Å²) in [7, 11) is 0. The Labute approximate surface area is 126 Å². The zero-order chi connectivity index (χ0) is 14.5. The first-order chi connectivity index (χ1) is 10.3. The molecule has 21 heavy (non-hydrogen) atoms. The Bertz CT molecular complexity index is 419. The van der Waals surface area contributed by atoms with Crippen molar-refractivity contribution in [3.8, 4) is 0 Å². The van der Waals surface area contributed by atoms with Gasteiger partial charge in [-0.2, -0.15) is 0 Å². The molecule has 0 radical (unpaired) electrons. The molecule has 0 amide bonds. The van der Waals surface area contributed by atoms with Crippen molar-refractivity contribution in [3.63, 3.8) is 0 Å². The molecule has 4 heteroatoms. The minimum absolute atomic E-state index is 0.232. The van der Waals surface area contributed by atoms with Gasteiger partial charge in [0.05, 0.1) is 25.4 Å². The van der Waals surface area contributed by atoms with E-state index in [0.717, 1.165) is 25.9 Å². The molecule has 1 aliphatic carbocycles. The van der Waals surface area contributed by atoms with E-state index in [4.69, 9.17) is 9.47 Å². The van der Waals surface area contributed by atoms with Gasteiger partial charge < -0.3 is 19.9 Å². The maximum Gasteiger partial charge on any atom is 0.0897 e. The normalized spacial score (nSPS) is 29.5. The third-order valence-corrected chi connectivity index (χ3v) is 4.27. The summed E-state index contributed by atoms with van der Waals surface area (Å²) < 4.78 is 11.0. The second-order valence-electron chi connectivity index (χ2n) is 6.09. The highest BCUT2D eigenvalue weighted by Gasteiger charge is 2.37. The van der Waals surface area contributed by atoms with Crippen LogP contribution in [0.25, 0.3) is 0 Å². The molecule has 1 saturated carbocycles. The standard InChI is InChI=1S/C17H25NO3/c19-14(11-20-12-15-7-4-8-21-15)10-18-17-9-16(17)13-5-2-1-3-6-13/h1-3,5-6,14-19H,4,7-12H2. The van der Waals surface area contributed by atoms with Gasteiger partial charge in [-0.1, -0.05) is 30.3 Å². The molecule has 0 bridgehead atoms. The highest BCUT2D eigenvalue weighted by Crippen LogP contribution is 2.40. The topological polar surface area (TPSA) is 50.7 Å². The van der Waals surface area contributed by atoms with Crippen LogP contribution in [-0.4, -0.2) is 49.7 Å². The van der Waals surface area contributed by atoms with Crippen molar-refractivity contribution in [1.29, 1.82) is 0 Å². The van der Waals surface area contributed by atoms with Crippen LogP contribution in [-0.2, 0) is 9.47 Å². The van der Waals surface area contributed by atoms with Crippen molar-refractivity contribution in [2.45, 2.75) is 43.4 Å². The fraction of sp³-hybridized carbons (Fsp3) is 0.647. The number of aliphatic hydroxyl groups excluding tert-OH is 1. The van der Waals surface area contributed by atoms with Gasteiger partial charge >= 0.3 is 0 Å². The molecule has 4 unspecified atom stereocenters. The van der Waals surface area contributed by atoms with E-state index in [1.165, 1.54) is 5.56 Å². The van der Waals surface area contributed by atoms with Gasteiger partial charge in [0, 0.05) is 25.1 Å². The molecule has 2 fully saturated rings. The average Bonchev–Trinajstić information content (AvgIpc) is 3.12. The lowest BCUT2D eigenvalue weighted by Gasteiger charge is -2.14. The predicted molar refractivity (Wildman–Crippen MR) is 81.4 cm³/mol. The van der Waals surface area contributed by atoms with Crippen LogP contribution in [0, 0.1) is 0 Å². The number of nitrogens with one attached hydrogen (secondary N) is 1. The van der Waals surface area contributed by atoms with Gasteiger partial charge in [-0.25, -0.2) is 0 Å². The first-order valence-electron chi connectivity index (χ1n) is 7.98. The summed E-state index contributed by atoms with van der Waals surface area (Å²) in [4.78, 5) is 0. The van der Waals surface area contributed by atoms with Crippen molar-refractivity contribution >= 4 is 0 Å². The van der Waals surface area contributed by atoms with Crippen molar-refractivity contribution < 1.29 is 14.6 Å². The summed E-state index contributed by atoms with van der Waals surface area (Å²) in [5.74, 6) is 0.603. The van der Waals surface area contributed by atoms with Crippen molar-refractivity contribution in [2.24, 2.45) is 0 Å². The average molecular weight is 291 g/mol. The number of hydrogen-bond donors (Lipinski definition) is 2. The quantitative estimate of drug-likeness (QED) is 0.765. The number of aliphatic hydroxyl groups is 1. The van der Waals surface area contributed by atoms with Gasteiger partial charge in [-0.3, -0.25) is 0 Å². The molecule has 4 nitrogen and oxygen atoms in total. The molecule has 116 valence electrons. The van der Waals surface area contributed by atoms with Crippen LogP contribution in [0.5, 0.6) is 0 Å². The van der Waals surface area contributed by atoms with Crippen LogP contribution < -0.4 is 5.32 Å². The van der Waals surface area contributed by atoms with Crippen LogP contribution >= 0.6 is 0 Å². The van der Waals surface area contributed by atoms with E-state index in [2.05, 4.69) is 29.6 Å². The Morgan fingerprint density at radius 3 is 2.95 bits per heavy atom. The molecular weight excluding hydrogens is 266 g/mol. The number of hydrogen-bond acceptors (Lipinski definition) is 4. The summed E-state index contributed by atoms with van der Waals surface area (Å²) in [5, 5.41) is 13.4. The van der Waals surface area contributed by atoms with E-state index in [1.807, 2.05) is 6.07 Å². The second kappa shape index (κ2) is 7.36. The Morgan fingerprint density at radius 2 is 2.19 bits per heavy atom. The lowest BCUT2D eigenvalue weighted by molar-refractivity contribution is -0.0165. The highest BCUT2D eigenvalue weighted by molar-refractivity contribution is 5.27. The SMILES string of the molecule is OC(CNC1CC1c1ccccc1)COCC1CCCO1. The molecule has 2 N–H and O–H groups in total. The summed E-state index contributed by atoms with van der Waals surface area (Å²) >= 11 is 0. The molecule has 1 heterocycles. The number of benzene rings is 1. The van der Waals surface area contributed by atoms with Crippen molar-refractivity contribution in [3.05, 3.63) is 35.9 Å². The molecular formula is C17H25NO3. The third-order valence-electron chi connectivity index (χ3n) is 4.27. The highest BCUT2D eigenvalue weighted by atomic mass is 16.5. The van der Waals surface area contributed by atoms with Gasteiger partial charge in [0.1, 0.15) is 0 Å². The molecule has 2 aliphatic rings. The summed E-state index contributed by atoms with van der Waals surface area (Å²) in [6, 6.07) is 11.1. The van der Waals surface area contributed by atoms with Gasteiger partial charge in [0.25, 0.3) is 0 Å². The van der Waals surface area contributed by atoms with E-state index in [0.29, 0.717) is 31.7 Å². The Balaban J connectivity index is 1.27. The maximum absolute atomic E-state index is 9.93. The molecule has 0 aromatic heterocycles. The number of rotatable bonds is 8. The fourth-order valence-electron chi connectivity index (χ4n) is 2.95. The van der Waals surface area contributed by atoms with Crippen LogP contribution in [0.4, 0.5) is 0 Å².